The van der Waals surface area contributed by atoms with Crippen molar-refractivity contribution in [3.63, 3.8) is 0 Å². The Labute approximate surface area is 105 Å². The second kappa shape index (κ2) is 9.46. The predicted molar refractivity (Wildman–Crippen MR) is 76.3 cm³/mol. The molecule has 0 bridgehead atoms. The lowest BCUT2D eigenvalue weighted by molar-refractivity contribution is 0.444. The zero-order valence-corrected chi connectivity index (χ0v) is 11.1. The molecule has 0 aromatic heterocycles. The molecular formula is C16H22O. The van der Waals surface area contributed by atoms with Gasteiger partial charge in [0.05, 0.1) is 0 Å². The molecule has 1 rings (SSSR count). The highest BCUT2D eigenvalue weighted by molar-refractivity contribution is 5.30. The smallest absolute Gasteiger partial charge is 0.127 e. The van der Waals surface area contributed by atoms with Gasteiger partial charge >= 0.3 is 0 Å². The van der Waals surface area contributed by atoms with Crippen molar-refractivity contribution in [1.29, 1.82) is 0 Å². The van der Waals surface area contributed by atoms with E-state index in [-0.39, 0.29) is 0 Å². The monoisotopic (exact) mass is 230 g/mol. The molecule has 1 aromatic carbocycles. The highest BCUT2D eigenvalue weighted by Gasteiger charge is 1.95. The Bertz CT molecular complexity index is 358. The van der Waals surface area contributed by atoms with Gasteiger partial charge in [0.1, 0.15) is 11.5 Å². The van der Waals surface area contributed by atoms with Gasteiger partial charge in [-0.25, -0.2) is 0 Å². The molecule has 0 spiro atoms. The number of allylic oxidation sites excluding steroid dienone is 3. The van der Waals surface area contributed by atoms with Gasteiger partial charge in [0, 0.05) is 0 Å². The summed E-state index contributed by atoms with van der Waals surface area (Å²) < 4.78 is 5.58. The molecule has 0 heterocycles. The number of aryl methyl sites for hydroxylation is 1. The van der Waals surface area contributed by atoms with Crippen LogP contribution in [0.25, 0.3) is 0 Å². The molecule has 1 heteroatoms. The largest absolute Gasteiger partial charge is 0.457 e. The van der Waals surface area contributed by atoms with Gasteiger partial charge in [-0.15, -0.1) is 0 Å². The van der Waals surface area contributed by atoms with E-state index in [0.29, 0.717) is 5.76 Å². The van der Waals surface area contributed by atoms with E-state index in [9.17, 15) is 0 Å². The summed E-state index contributed by atoms with van der Waals surface area (Å²) in [7, 11) is 0. The molecule has 1 nitrogen and oxygen atoms in total. The van der Waals surface area contributed by atoms with Gasteiger partial charge in [-0.2, -0.15) is 0 Å². The lowest BCUT2D eigenvalue weighted by atomic mass is 10.2. The zero-order valence-electron chi connectivity index (χ0n) is 11.1. The van der Waals surface area contributed by atoms with Gasteiger partial charge in [0.2, 0.25) is 0 Å². The number of rotatable bonds is 5. The van der Waals surface area contributed by atoms with E-state index in [4.69, 9.17) is 4.74 Å². The summed E-state index contributed by atoms with van der Waals surface area (Å²) in [6.45, 7) is 13.4. The highest BCUT2D eigenvalue weighted by Crippen LogP contribution is 2.15. The van der Waals surface area contributed by atoms with Crippen molar-refractivity contribution < 1.29 is 4.74 Å². The molecule has 0 atom stereocenters. The highest BCUT2D eigenvalue weighted by atomic mass is 16.5. The minimum absolute atomic E-state index is 0.703. The third-order valence-electron chi connectivity index (χ3n) is 2.05. The lowest BCUT2D eigenvalue weighted by Crippen LogP contribution is -1.91. The second-order valence-electron chi connectivity index (χ2n) is 3.11. The first-order valence-electron chi connectivity index (χ1n) is 6.02. The molecule has 0 fully saturated rings. The number of hydrogen-bond acceptors (Lipinski definition) is 1. The summed E-state index contributed by atoms with van der Waals surface area (Å²) in [5.74, 6) is 1.52. The Hall–Kier alpha value is -1.76. The Kier molecular flexibility index (Phi) is 8.48. The number of ether oxygens (including phenoxy) is 1. The topological polar surface area (TPSA) is 9.23 Å². The van der Waals surface area contributed by atoms with Gasteiger partial charge < -0.3 is 4.74 Å². The molecule has 0 saturated carbocycles. The minimum Gasteiger partial charge on any atom is -0.457 e. The van der Waals surface area contributed by atoms with Crippen LogP contribution >= 0.6 is 0 Å². The van der Waals surface area contributed by atoms with E-state index < -0.39 is 0 Å². The lowest BCUT2D eigenvalue weighted by Gasteiger charge is -2.06. The average Bonchev–Trinajstić information content (AvgIpc) is 2.41. The van der Waals surface area contributed by atoms with Crippen molar-refractivity contribution in [1.82, 2.24) is 0 Å². The zero-order chi connectivity index (χ0) is 13.1. The summed E-state index contributed by atoms with van der Waals surface area (Å²) in [5.41, 5.74) is 1.30. The number of benzene rings is 1. The molecule has 0 aliphatic heterocycles. The van der Waals surface area contributed by atoms with Crippen LogP contribution in [0, 0.1) is 0 Å². The van der Waals surface area contributed by atoms with Crippen LogP contribution in [0.3, 0.4) is 0 Å². The summed E-state index contributed by atoms with van der Waals surface area (Å²) in [6, 6.07) is 8.03. The van der Waals surface area contributed by atoms with Crippen LogP contribution in [0.15, 0.2) is 61.4 Å². The molecule has 0 amide bonds. The van der Waals surface area contributed by atoms with E-state index >= 15 is 0 Å². The van der Waals surface area contributed by atoms with Gasteiger partial charge in [0.25, 0.3) is 0 Å². The Morgan fingerprint density at radius 2 is 1.76 bits per heavy atom. The third-order valence-corrected chi connectivity index (χ3v) is 2.05. The summed E-state index contributed by atoms with van der Waals surface area (Å²) in [4.78, 5) is 0. The molecule has 0 aliphatic rings. The van der Waals surface area contributed by atoms with Gasteiger partial charge in [0.15, 0.2) is 0 Å². The fourth-order valence-electron chi connectivity index (χ4n) is 1.19. The minimum atomic E-state index is 0.703. The standard InChI is InChI=1S/C14H16O.C2H6/c1-4-7-13(6-3)15-14-10-8-12(5-2)9-11-14;1-2/h4,6-11H,1,3,5H2,2H3;1-2H3/b13-7+;. The Morgan fingerprint density at radius 3 is 2.18 bits per heavy atom. The summed E-state index contributed by atoms with van der Waals surface area (Å²) >= 11 is 0. The maximum Gasteiger partial charge on any atom is 0.127 e. The maximum atomic E-state index is 5.58. The molecule has 1 aromatic rings. The first kappa shape index (κ1) is 15.2. The van der Waals surface area contributed by atoms with Gasteiger partial charge in [-0.05, 0) is 36.3 Å². The molecule has 92 valence electrons. The molecule has 0 saturated heterocycles. The van der Waals surface area contributed by atoms with Crippen LogP contribution in [0.4, 0.5) is 0 Å². The van der Waals surface area contributed by atoms with Crippen molar-refractivity contribution in [2.24, 2.45) is 0 Å². The second-order valence-corrected chi connectivity index (χ2v) is 3.11. The van der Waals surface area contributed by atoms with Crippen molar-refractivity contribution >= 4 is 0 Å². The molecule has 17 heavy (non-hydrogen) atoms. The van der Waals surface area contributed by atoms with Crippen LogP contribution in [0.5, 0.6) is 5.75 Å². The summed E-state index contributed by atoms with van der Waals surface area (Å²) in [6.07, 6.45) is 6.16. The van der Waals surface area contributed by atoms with E-state index in [1.807, 2.05) is 26.0 Å². The van der Waals surface area contributed by atoms with E-state index in [0.717, 1.165) is 12.2 Å². The van der Waals surface area contributed by atoms with Crippen molar-refractivity contribution in [3.05, 3.63) is 67.0 Å². The Balaban J connectivity index is 0.00000121. The van der Waals surface area contributed by atoms with Crippen LogP contribution in [0.1, 0.15) is 26.3 Å². The fraction of sp³-hybridized carbons (Fsp3) is 0.250. The molecule has 0 unspecified atom stereocenters. The average molecular weight is 230 g/mol. The first-order valence-corrected chi connectivity index (χ1v) is 6.02. The van der Waals surface area contributed by atoms with Crippen LogP contribution in [-0.2, 0) is 6.42 Å². The fourth-order valence-corrected chi connectivity index (χ4v) is 1.19. The molecular weight excluding hydrogens is 208 g/mol. The third kappa shape index (κ3) is 5.76. The van der Waals surface area contributed by atoms with E-state index in [1.165, 1.54) is 5.56 Å². The first-order chi connectivity index (χ1) is 8.30. The van der Waals surface area contributed by atoms with E-state index in [1.54, 1.807) is 18.2 Å². The van der Waals surface area contributed by atoms with Gasteiger partial charge in [-0.3, -0.25) is 0 Å². The van der Waals surface area contributed by atoms with Crippen LogP contribution in [-0.4, -0.2) is 0 Å². The normalized spacial score (nSPS) is 9.94. The summed E-state index contributed by atoms with van der Waals surface area (Å²) in [5, 5.41) is 0. The molecule has 0 radical (unpaired) electrons. The van der Waals surface area contributed by atoms with Crippen molar-refractivity contribution in [2.45, 2.75) is 27.2 Å². The quantitative estimate of drug-likeness (QED) is 0.516. The van der Waals surface area contributed by atoms with Crippen LogP contribution in [0.2, 0.25) is 0 Å². The van der Waals surface area contributed by atoms with Crippen LogP contribution < -0.4 is 4.74 Å². The maximum absolute atomic E-state index is 5.58. The SMILES string of the molecule is C=C/C=C(\C=C)Oc1ccc(CC)cc1.CC. The Morgan fingerprint density at radius 1 is 1.18 bits per heavy atom. The van der Waals surface area contributed by atoms with Crippen molar-refractivity contribution in [3.8, 4) is 5.75 Å². The van der Waals surface area contributed by atoms with Gasteiger partial charge in [-0.1, -0.05) is 52.1 Å². The van der Waals surface area contributed by atoms with E-state index in [2.05, 4.69) is 32.2 Å². The number of hydrogen-bond donors (Lipinski definition) is 0. The van der Waals surface area contributed by atoms with Crippen molar-refractivity contribution in [2.75, 3.05) is 0 Å². The molecule has 0 N–H and O–H groups in total. The predicted octanol–water partition coefficient (Wildman–Crippen LogP) is 4.91. The molecule has 0 aliphatic carbocycles.